The van der Waals surface area contributed by atoms with E-state index in [1.807, 2.05) is 0 Å². The molecule has 0 amide bonds. The van der Waals surface area contributed by atoms with Crippen LogP contribution < -0.4 is 0 Å². The highest BCUT2D eigenvalue weighted by atomic mass is 32.2. The fourth-order valence-electron chi connectivity index (χ4n) is 3.60. The number of likely N-dealkylation sites (tertiary alicyclic amines) is 1. The third-order valence-electron chi connectivity index (χ3n) is 4.88. The molecule has 0 aliphatic carbocycles. The molecule has 2 atom stereocenters. The van der Waals surface area contributed by atoms with Gasteiger partial charge in [-0.25, -0.2) is 17.2 Å². The number of sulfone groups is 1. The van der Waals surface area contributed by atoms with Gasteiger partial charge in [0.25, 0.3) is 0 Å². The minimum absolute atomic E-state index is 0.154. The van der Waals surface area contributed by atoms with Gasteiger partial charge in [0.05, 0.1) is 17.6 Å². The van der Waals surface area contributed by atoms with Crippen LogP contribution in [0.5, 0.6) is 0 Å². The predicted octanol–water partition coefficient (Wildman–Crippen LogP) is 1.90. The van der Waals surface area contributed by atoms with Gasteiger partial charge in [-0.15, -0.1) is 0 Å². The van der Waals surface area contributed by atoms with Gasteiger partial charge in [0.1, 0.15) is 9.84 Å². The molecule has 7 heteroatoms. The number of hydrogen-bond acceptors (Lipinski definition) is 4. The molecule has 0 bridgehead atoms. The molecule has 2 saturated heterocycles. The summed E-state index contributed by atoms with van der Waals surface area (Å²) in [5.41, 5.74) is 0.656. The van der Waals surface area contributed by atoms with Crippen molar-refractivity contribution in [2.24, 2.45) is 5.92 Å². The first-order chi connectivity index (χ1) is 10.8. The second kappa shape index (κ2) is 6.45. The first-order valence-corrected chi connectivity index (χ1v) is 9.74. The topological polar surface area (TPSA) is 57.6 Å². The Hall–Kier alpha value is -1.05. The lowest BCUT2D eigenvalue weighted by molar-refractivity contribution is 0.163. The Bertz CT molecular complexity index is 666. The van der Waals surface area contributed by atoms with Crippen LogP contribution in [0.1, 0.15) is 30.9 Å². The number of benzene rings is 1. The second-order valence-corrected chi connectivity index (χ2v) is 8.93. The second-order valence-electron chi connectivity index (χ2n) is 6.63. The standard InChI is InChI=1S/C16H21F2NO3S/c17-14-2-1-12(7-15(14)18)16-8-13(20)10-19(16)9-11-3-5-23(21,22)6-4-11/h1-2,7,11,13,16,20H,3-6,8-10H2. The normalized spacial score (nSPS) is 29.0. The van der Waals surface area contributed by atoms with E-state index < -0.39 is 27.6 Å². The van der Waals surface area contributed by atoms with Crippen LogP contribution in [0.15, 0.2) is 18.2 Å². The van der Waals surface area contributed by atoms with Crippen molar-refractivity contribution in [3.05, 3.63) is 35.4 Å². The Morgan fingerprint density at radius 1 is 1.17 bits per heavy atom. The molecule has 2 fully saturated rings. The van der Waals surface area contributed by atoms with Crippen LogP contribution in [0, 0.1) is 17.6 Å². The largest absolute Gasteiger partial charge is 0.392 e. The summed E-state index contributed by atoms with van der Waals surface area (Å²) in [6.07, 6.45) is 1.23. The lowest BCUT2D eigenvalue weighted by Crippen LogP contribution is -2.34. The molecule has 2 aliphatic rings. The van der Waals surface area contributed by atoms with Gasteiger partial charge in [-0.3, -0.25) is 4.90 Å². The maximum absolute atomic E-state index is 13.5. The summed E-state index contributed by atoms with van der Waals surface area (Å²) in [6, 6.07) is 3.70. The van der Waals surface area contributed by atoms with Gasteiger partial charge >= 0.3 is 0 Å². The summed E-state index contributed by atoms with van der Waals surface area (Å²) in [7, 11) is -2.90. The number of nitrogens with zero attached hydrogens (tertiary/aromatic N) is 1. The molecule has 2 aliphatic heterocycles. The molecule has 0 aromatic heterocycles. The quantitative estimate of drug-likeness (QED) is 0.909. The van der Waals surface area contributed by atoms with Gasteiger partial charge in [0, 0.05) is 19.1 Å². The Morgan fingerprint density at radius 3 is 2.52 bits per heavy atom. The van der Waals surface area contributed by atoms with E-state index in [-0.39, 0.29) is 23.5 Å². The maximum atomic E-state index is 13.5. The Kier molecular flexibility index (Phi) is 4.71. The molecule has 3 rings (SSSR count). The highest BCUT2D eigenvalue weighted by molar-refractivity contribution is 7.91. The molecule has 2 heterocycles. The van der Waals surface area contributed by atoms with Gasteiger partial charge in [0.2, 0.25) is 0 Å². The van der Waals surface area contributed by atoms with Crippen molar-refractivity contribution in [1.82, 2.24) is 4.90 Å². The Morgan fingerprint density at radius 2 is 1.87 bits per heavy atom. The monoisotopic (exact) mass is 345 g/mol. The molecule has 0 saturated carbocycles. The van der Waals surface area contributed by atoms with Crippen LogP contribution in [-0.4, -0.2) is 49.1 Å². The van der Waals surface area contributed by atoms with E-state index in [9.17, 15) is 22.3 Å². The summed E-state index contributed by atoms with van der Waals surface area (Å²) >= 11 is 0. The van der Waals surface area contributed by atoms with Crippen LogP contribution in [0.4, 0.5) is 8.78 Å². The third-order valence-corrected chi connectivity index (χ3v) is 6.59. The minimum atomic E-state index is -2.90. The summed E-state index contributed by atoms with van der Waals surface area (Å²) in [6.45, 7) is 1.16. The van der Waals surface area contributed by atoms with Gasteiger partial charge in [-0.05, 0) is 42.9 Å². The fraction of sp³-hybridized carbons (Fsp3) is 0.625. The molecule has 0 spiro atoms. The van der Waals surface area contributed by atoms with Crippen molar-refractivity contribution in [3.8, 4) is 0 Å². The van der Waals surface area contributed by atoms with E-state index in [1.165, 1.54) is 6.07 Å². The number of aliphatic hydroxyl groups excluding tert-OH is 1. The van der Waals surface area contributed by atoms with Crippen molar-refractivity contribution >= 4 is 9.84 Å². The molecule has 1 N–H and O–H groups in total. The molecule has 2 unspecified atom stereocenters. The number of hydrogen-bond donors (Lipinski definition) is 1. The zero-order chi connectivity index (χ0) is 16.6. The van der Waals surface area contributed by atoms with E-state index in [0.717, 1.165) is 6.07 Å². The molecule has 1 aromatic carbocycles. The molecule has 1 aromatic rings. The molecule has 4 nitrogen and oxygen atoms in total. The summed E-state index contributed by atoms with van der Waals surface area (Å²) in [5, 5.41) is 9.96. The molecule has 0 radical (unpaired) electrons. The van der Waals surface area contributed by atoms with Crippen molar-refractivity contribution in [2.45, 2.75) is 31.4 Å². The SMILES string of the molecule is O=S1(=O)CCC(CN2CC(O)CC2c2ccc(F)c(F)c2)CC1. The predicted molar refractivity (Wildman–Crippen MR) is 82.7 cm³/mol. The Labute approximate surface area is 135 Å². The maximum Gasteiger partial charge on any atom is 0.159 e. The lowest BCUT2D eigenvalue weighted by atomic mass is 9.99. The van der Waals surface area contributed by atoms with E-state index in [0.29, 0.717) is 37.9 Å². The minimum Gasteiger partial charge on any atom is -0.392 e. The first-order valence-electron chi connectivity index (χ1n) is 7.91. The van der Waals surface area contributed by atoms with E-state index in [2.05, 4.69) is 4.90 Å². The van der Waals surface area contributed by atoms with Gasteiger partial charge in [-0.1, -0.05) is 6.07 Å². The van der Waals surface area contributed by atoms with E-state index in [1.54, 1.807) is 6.07 Å². The summed E-state index contributed by atoms with van der Waals surface area (Å²) < 4.78 is 49.6. The van der Waals surface area contributed by atoms with E-state index >= 15 is 0 Å². The highest BCUT2D eigenvalue weighted by Crippen LogP contribution is 2.34. The van der Waals surface area contributed by atoms with Gasteiger partial charge in [-0.2, -0.15) is 0 Å². The van der Waals surface area contributed by atoms with Crippen LogP contribution in [-0.2, 0) is 9.84 Å². The molecule has 128 valence electrons. The van der Waals surface area contributed by atoms with Crippen LogP contribution >= 0.6 is 0 Å². The number of β-amino-alcohol motifs (C(OH)–C–C–N with tert-alkyl or cyclic N) is 1. The van der Waals surface area contributed by atoms with Crippen molar-refractivity contribution < 1.29 is 22.3 Å². The van der Waals surface area contributed by atoms with Crippen molar-refractivity contribution in [3.63, 3.8) is 0 Å². The van der Waals surface area contributed by atoms with Gasteiger partial charge in [0.15, 0.2) is 11.6 Å². The van der Waals surface area contributed by atoms with Crippen LogP contribution in [0.25, 0.3) is 0 Å². The average Bonchev–Trinajstić information content (AvgIpc) is 2.85. The van der Waals surface area contributed by atoms with E-state index in [4.69, 9.17) is 0 Å². The molecule has 23 heavy (non-hydrogen) atoms. The molecular weight excluding hydrogens is 324 g/mol. The number of rotatable bonds is 3. The fourth-order valence-corrected chi connectivity index (χ4v) is 5.19. The molecular formula is C16H21F2NO3S. The van der Waals surface area contributed by atoms with Gasteiger partial charge < -0.3 is 5.11 Å². The summed E-state index contributed by atoms with van der Waals surface area (Å²) in [5.74, 6) is -1.08. The van der Waals surface area contributed by atoms with Crippen molar-refractivity contribution in [2.75, 3.05) is 24.6 Å². The highest BCUT2D eigenvalue weighted by Gasteiger charge is 2.35. The zero-order valence-corrected chi connectivity index (χ0v) is 13.6. The van der Waals surface area contributed by atoms with Crippen molar-refractivity contribution in [1.29, 1.82) is 0 Å². The number of halogens is 2. The number of aliphatic hydroxyl groups is 1. The smallest absolute Gasteiger partial charge is 0.159 e. The Balaban J connectivity index is 1.71. The third kappa shape index (κ3) is 3.89. The van der Waals surface area contributed by atoms with Crippen LogP contribution in [0.2, 0.25) is 0 Å². The lowest BCUT2D eigenvalue weighted by Gasteiger charge is -2.31. The first kappa shape index (κ1) is 16.8. The summed E-state index contributed by atoms with van der Waals surface area (Å²) in [4.78, 5) is 2.07. The average molecular weight is 345 g/mol. The van der Waals surface area contributed by atoms with Crippen LogP contribution in [0.3, 0.4) is 0 Å². The zero-order valence-electron chi connectivity index (χ0n) is 12.8.